The minimum atomic E-state index is -0.347. The Kier molecular flexibility index (Phi) is 6.99. The van der Waals surface area contributed by atoms with Gasteiger partial charge in [-0.25, -0.2) is 4.79 Å². The van der Waals surface area contributed by atoms with E-state index in [9.17, 15) is 4.79 Å². The van der Waals surface area contributed by atoms with Crippen LogP contribution in [0.25, 0.3) is 33.2 Å². The number of benzene rings is 2. The molecule has 0 amide bonds. The normalized spacial score (nSPS) is 14.3. The Hall–Kier alpha value is -4.04. The van der Waals surface area contributed by atoms with E-state index in [0.29, 0.717) is 24.4 Å². The summed E-state index contributed by atoms with van der Waals surface area (Å²) in [6.45, 7) is 21.0. The van der Waals surface area contributed by atoms with E-state index in [2.05, 4.69) is 69.4 Å². The number of hydrogen-bond donors (Lipinski definition) is 3. The number of nitrogen functional groups attached to an aromatic ring is 1. The third-order valence-corrected chi connectivity index (χ3v) is 7.78. The van der Waals surface area contributed by atoms with E-state index in [1.807, 2.05) is 26.0 Å². The lowest BCUT2D eigenvalue weighted by Crippen LogP contribution is -2.44. The molecule has 3 heterocycles. The number of piperazine rings is 1. The molecular weight excluding hydrogens is 474 g/mol. The fraction of sp³-hybridized carbons (Fsp3) is 0.333. The van der Waals surface area contributed by atoms with Gasteiger partial charge in [-0.2, -0.15) is 4.98 Å². The highest BCUT2D eigenvalue weighted by Gasteiger charge is 2.18. The number of nitrogens with two attached hydrogens (primary N) is 1. The quantitative estimate of drug-likeness (QED) is 0.332. The molecule has 1 fully saturated rings. The minimum absolute atomic E-state index is 0.347. The van der Waals surface area contributed by atoms with Gasteiger partial charge < -0.3 is 25.8 Å². The zero-order valence-electron chi connectivity index (χ0n) is 22.6. The van der Waals surface area contributed by atoms with E-state index in [1.165, 1.54) is 4.57 Å². The maximum Gasteiger partial charge on any atom is 0.349 e. The SMILES string of the molecule is C=C(NCCn1c(N)c2cc(C)c(C)cc2nc1=O)c1cc2cc(C(=C)N3CCN(CC)CC3)ccc2[nH]1. The molecule has 0 saturated carbocycles. The van der Waals surface area contributed by atoms with E-state index in [1.54, 1.807) is 0 Å². The van der Waals surface area contributed by atoms with Gasteiger partial charge in [0.25, 0.3) is 0 Å². The van der Waals surface area contributed by atoms with Crippen molar-refractivity contribution in [3.05, 3.63) is 82.4 Å². The lowest BCUT2D eigenvalue weighted by atomic mass is 10.1. The van der Waals surface area contributed by atoms with Crippen molar-refractivity contribution < 1.29 is 0 Å². The number of fused-ring (bicyclic) bond motifs is 2. The largest absolute Gasteiger partial charge is 0.384 e. The molecule has 8 nitrogen and oxygen atoms in total. The summed E-state index contributed by atoms with van der Waals surface area (Å²) in [4.78, 5) is 25.2. The Morgan fingerprint density at radius 1 is 1.08 bits per heavy atom. The van der Waals surface area contributed by atoms with Crippen LogP contribution in [0.2, 0.25) is 0 Å². The summed E-state index contributed by atoms with van der Waals surface area (Å²) in [5, 5.41) is 5.24. The molecule has 0 spiro atoms. The Bertz CT molecular complexity index is 1590. The number of likely N-dealkylation sites (N-methyl/N-ethyl adjacent to an activating group) is 1. The number of rotatable bonds is 8. The molecule has 38 heavy (non-hydrogen) atoms. The van der Waals surface area contributed by atoms with Crippen molar-refractivity contribution in [3.63, 3.8) is 0 Å². The molecule has 2 aromatic carbocycles. The summed E-state index contributed by atoms with van der Waals surface area (Å²) < 4.78 is 1.51. The number of aromatic amines is 1. The van der Waals surface area contributed by atoms with Gasteiger partial charge in [-0.05, 0) is 67.4 Å². The highest BCUT2D eigenvalue weighted by molar-refractivity contribution is 5.89. The Balaban J connectivity index is 1.26. The maximum absolute atomic E-state index is 12.6. The number of hydrogen-bond acceptors (Lipinski definition) is 6. The molecule has 5 rings (SSSR count). The van der Waals surface area contributed by atoms with Crippen molar-refractivity contribution in [2.75, 3.05) is 45.0 Å². The Morgan fingerprint density at radius 3 is 2.55 bits per heavy atom. The highest BCUT2D eigenvalue weighted by atomic mass is 16.1. The van der Waals surface area contributed by atoms with Gasteiger partial charge >= 0.3 is 5.69 Å². The predicted molar refractivity (Wildman–Crippen MR) is 158 cm³/mol. The van der Waals surface area contributed by atoms with Crippen molar-refractivity contribution in [1.82, 2.24) is 29.7 Å². The molecule has 198 valence electrons. The summed E-state index contributed by atoms with van der Waals surface area (Å²) in [6.07, 6.45) is 0. The first-order chi connectivity index (χ1) is 18.2. The maximum atomic E-state index is 12.6. The van der Waals surface area contributed by atoms with Crippen LogP contribution in [-0.2, 0) is 6.54 Å². The van der Waals surface area contributed by atoms with Gasteiger partial charge in [0.05, 0.1) is 16.9 Å². The van der Waals surface area contributed by atoms with E-state index in [-0.39, 0.29) is 5.69 Å². The van der Waals surface area contributed by atoms with Gasteiger partial charge in [-0.3, -0.25) is 4.57 Å². The molecule has 0 bridgehead atoms. The second-order valence-corrected chi connectivity index (χ2v) is 10.1. The van der Waals surface area contributed by atoms with Gasteiger partial charge in [0, 0.05) is 61.3 Å². The first-order valence-electron chi connectivity index (χ1n) is 13.2. The number of aromatic nitrogens is 3. The van der Waals surface area contributed by atoms with Crippen molar-refractivity contribution >= 4 is 39.0 Å². The zero-order chi connectivity index (χ0) is 27.0. The molecule has 0 unspecified atom stereocenters. The molecule has 0 aliphatic carbocycles. The fourth-order valence-electron chi connectivity index (χ4n) is 5.13. The second kappa shape index (κ2) is 10.4. The fourth-order valence-corrected chi connectivity index (χ4v) is 5.13. The highest BCUT2D eigenvalue weighted by Crippen LogP contribution is 2.26. The number of nitrogens with one attached hydrogen (secondary N) is 2. The van der Waals surface area contributed by atoms with Gasteiger partial charge in [0.1, 0.15) is 5.82 Å². The standard InChI is InChI=1S/C30H37N7O/c1-6-35-11-13-36(14-12-35)22(5)23-7-8-26-24(17-23)18-27(33-26)21(4)32-9-10-37-29(31)25-15-19(2)20(3)16-28(25)34-30(37)38/h7-8,15-18,32-33H,4-6,9-14,31H2,1-3H3. The second-order valence-electron chi connectivity index (χ2n) is 10.1. The van der Waals surface area contributed by atoms with Crippen molar-refractivity contribution in [3.8, 4) is 0 Å². The van der Waals surface area contributed by atoms with Gasteiger partial charge in [0.15, 0.2) is 0 Å². The molecule has 0 radical (unpaired) electrons. The van der Waals surface area contributed by atoms with Crippen molar-refractivity contribution in [2.45, 2.75) is 27.3 Å². The third kappa shape index (κ3) is 4.91. The van der Waals surface area contributed by atoms with E-state index >= 15 is 0 Å². The molecule has 1 aliphatic rings. The molecule has 8 heteroatoms. The first-order valence-corrected chi connectivity index (χ1v) is 13.2. The molecule has 2 aromatic heterocycles. The van der Waals surface area contributed by atoms with E-state index in [0.717, 1.165) is 82.8 Å². The third-order valence-electron chi connectivity index (χ3n) is 7.78. The lowest BCUT2D eigenvalue weighted by molar-refractivity contribution is 0.183. The van der Waals surface area contributed by atoms with E-state index < -0.39 is 0 Å². The molecule has 1 aliphatic heterocycles. The Morgan fingerprint density at radius 2 is 1.82 bits per heavy atom. The average Bonchev–Trinajstić information content (AvgIpc) is 3.35. The summed E-state index contributed by atoms with van der Waals surface area (Å²) in [6, 6.07) is 12.4. The molecule has 4 aromatic rings. The number of aryl methyl sites for hydroxylation is 2. The smallest absolute Gasteiger partial charge is 0.349 e. The van der Waals surface area contributed by atoms with Crippen LogP contribution < -0.4 is 16.7 Å². The van der Waals surface area contributed by atoms with Gasteiger partial charge in [-0.15, -0.1) is 0 Å². The van der Waals surface area contributed by atoms with Crippen LogP contribution >= 0.6 is 0 Å². The van der Waals surface area contributed by atoms with Crippen LogP contribution in [0, 0.1) is 13.8 Å². The minimum Gasteiger partial charge on any atom is -0.384 e. The predicted octanol–water partition coefficient (Wildman–Crippen LogP) is 3.95. The zero-order valence-corrected chi connectivity index (χ0v) is 22.6. The summed E-state index contributed by atoms with van der Waals surface area (Å²) in [7, 11) is 0. The molecule has 1 saturated heterocycles. The number of anilines is 1. The van der Waals surface area contributed by atoms with Crippen molar-refractivity contribution in [2.24, 2.45) is 0 Å². The van der Waals surface area contributed by atoms with Crippen molar-refractivity contribution in [1.29, 1.82) is 0 Å². The van der Waals surface area contributed by atoms with Crippen LogP contribution in [0.3, 0.4) is 0 Å². The molecular formula is C30H37N7O. The van der Waals surface area contributed by atoms with Crippen LogP contribution in [0.5, 0.6) is 0 Å². The summed E-state index contributed by atoms with van der Waals surface area (Å²) in [5.41, 5.74) is 13.8. The Labute approximate surface area is 223 Å². The van der Waals surface area contributed by atoms with Crippen LogP contribution in [0.4, 0.5) is 5.82 Å². The molecule has 0 atom stereocenters. The van der Waals surface area contributed by atoms with Crippen LogP contribution in [-0.4, -0.2) is 63.6 Å². The summed E-state index contributed by atoms with van der Waals surface area (Å²) in [5.74, 6) is 0.435. The topological polar surface area (TPSA) is 95.2 Å². The lowest BCUT2D eigenvalue weighted by Gasteiger charge is -2.36. The van der Waals surface area contributed by atoms with Crippen LogP contribution in [0.1, 0.15) is 29.3 Å². The van der Waals surface area contributed by atoms with Gasteiger partial charge in [0.2, 0.25) is 0 Å². The molecule has 4 N–H and O–H groups in total. The van der Waals surface area contributed by atoms with Gasteiger partial charge in [-0.1, -0.05) is 26.1 Å². The average molecular weight is 512 g/mol. The number of nitrogens with zero attached hydrogens (tertiary/aromatic N) is 4. The summed E-state index contributed by atoms with van der Waals surface area (Å²) >= 11 is 0. The first kappa shape index (κ1) is 25.6. The number of H-pyrrole nitrogens is 1. The monoisotopic (exact) mass is 511 g/mol. The van der Waals surface area contributed by atoms with Crippen LogP contribution in [0.15, 0.2) is 54.4 Å². The van der Waals surface area contributed by atoms with E-state index in [4.69, 9.17) is 5.73 Å².